The van der Waals surface area contributed by atoms with Gasteiger partial charge in [0, 0.05) is 6.42 Å². The third-order valence-corrected chi connectivity index (χ3v) is 16.8. The molecule has 0 radical (unpaired) electrons. The highest BCUT2D eigenvalue weighted by molar-refractivity contribution is 5.76. The van der Waals surface area contributed by atoms with Crippen LogP contribution in [0.5, 0.6) is 0 Å². The number of ether oxygens (including phenoxy) is 6. The SMILES string of the molecule is CC/C=C\C/C=C\C/C=C\C/C=C\CCCCCCCCCCC(=O)NC(COC1OC(CO)C(OC2OC(CO)C(OC3OC(CO)C(O)C(O)C3O)C(O)C2O)C(O)C1O)C(O)/C=C/CCCCCCCCCCCCCCCCCCCCC. The minimum Gasteiger partial charge on any atom is -0.394 e. The van der Waals surface area contributed by atoms with Crippen LogP contribution in [0, 0.1) is 0 Å². The Balaban J connectivity index is 1.46. The molecule has 17 unspecified atom stereocenters. The second kappa shape index (κ2) is 50.1. The Morgan fingerprint density at radius 1 is 0.425 bits per heavy atom. The van der Waals surface area contributed by atoms with E-state index >= 15 is 0 Å². The number of amides is 1. The fourth-order valence-corrected chi connectivity index (χ4v) is 11.3. The van der Waals surface area contributed by atoms with Gasteiger partial charge in [-0.25, -0.2) is 0 Å². The van der Waals surface area contributed by atoms with Gasteiger partial charge in [-0.15, -0.1) is 0 Å². The molecule has 0 aromatic carbocycles. The van der Waals surface area contributed by atoms with Crippen LogP contribution in [0.2, 0.25) is 0 Å². The topological polar surface area (TPSA) is 307 Å². The van der Waals surface area contributed by atoms with Crippen molar-refractivity contribution >= 4 is 5.91 Å². The fourth-order valence-electron chi connectivity index (χ4n) is 11.3. The molecule has 0 aromatic rings. The Morgan fingerprint density at radius 3 is 1.24 bits per heavy atom. The third kappa shape index (κ3) is 32.6. The molecular formula is C68H121NO18. The lowest BCUT2D eigenvalue weighted by Crippen LogP contribution is -2.66. The summed E-state index contributed by atoms with van der Waals surface area (Å²) in [7, 11) is 0. The Hall–Kier alpha value is -2.51. The molecule has 3 aliphatic heterocycles. The van der Waals surface area contributed by atoms with E-state index in [1.165, 1.54) is 122 Å². The van der Waals surface area contributed by atoms with E-state index in [2.05, 4.69) is 67.8 Å². The van der Waals surface area contributed by atoms with Crippen LogP contribution in [-0.4, -0.2) is 193 Å². The zero-order valence-corrected chi connectivity index (χ0v) is 53.2. The summed E-state index contributed by atoms with van der Waals surface area (Å²) in [5.41, 5.74) is 0. The molecule has 0 saturated carbocycles. The highest BCUT2D eigenvalue weighted by Crippen LogP contribution is 2.33. The highest BCUT2D eigenvalue weighted by atomic mass is 16.8. The van der Waals surface area contributed by atoms with Crippen LogP contribution in [0.4, 0.5) is 0 Å². The first-order valence-corrected chi connectivity index (χ1v) is 34.0. The molecule has 19 nitrogen and oxygen atoms in total. The first-order chi connectivity index (χ1) is 42.3. The van der Waals surface area contributed by atoms with Gasteiger partial charge < -0.3 is 89.9 Å². The molecule has 3 fully saturated rings. The van der Waals surface area contributed by atoms with Crippen molar-refractivity contribution < 1.29 is 89.4 Å². The standard InChI is InChI=1S/C68H121NO18/c1-3-5-7-9-11-13-15-17-19-21-23-25-27-29-31-33-35-37-39-41-43-45-52(73)51(69-56(74)46-44-42-40-38-36-34-32-30-28-26-24-22-20-18-16-14-12-10-8-6-4-2)50-82-66-62(80)59(77)64(54(48-71)84-66)87-68-63(81)60(78)65(55(49-72)85-68)86-67-61(79)58(76)57(75)53(47-70)83-67/h6,8,12,14,18,20,24,26,43,45,51-55,57-68,70-73,75-81H,3-5,7,9-11,13,15-17,19,21-23,25,27-42,44,46-50H2,1-2H3,(H,69,74)/b8-6-,14-12-,20-18-,26-24-,45-43+. The van der Waals surface area contributed by atoms with Crippen molar-refractivity contribution in [3.05, 3.63) is 60.8 Å². The van der Waals surface area contributed by atoms with Gasteiger partial charge in [0.05, 0.1) is 38.6 Å². The average molecular weight is 1240 g/mol. The summed E-state index contributed by atoms with van der Waals surface area (Å²) in [4.78, 5) is 13.4. The molecular weight excluding hydrogens is 1120 g/mol. The second-order valence-corrected chi connectivity index (χ2v) is 24.3. The first kappa shape index (κ1) is 78.7. The number of aliphatic hydroxyl groups excluding tert-OH is 11. The van der Waals surface area contributed by atoms with E-state index in [-0.39, 0.29) is 18.9 Å². The summed E-state index contributed by atoms with van der Waals surface area (Å²) >= 11 is 0. The zero-order valence-electron chi connectivity index (χ0n) is 53.2. The minimum atomic E-state index is -1.98. The van der Waals surface area contributed by atoms with Crippen LogP contribution >= 0.6 is 0 Å². The molecule has 17 atom stereocenters. The molecule has 0 bridgehead atoms. The lowest BCUT2D eigenvalue weighted by atomic mass is 9.96. The molecule has 0 aromatic heterocycles. The lowest BCUT2D eigenvalue weighted by molar-refractivity contribution is -0.379. The number of aliphatic hydroxyl groups is 11. The number of hydrogen-bond acceptors (Lipinski definition) is 18. The normalized spacial score (nSPS) is 29.0. The zero-order chi connectivity index (χ0) is 63.3. The maximum absolute atomic E-state index is 13.4. The van der Waals surface area contributed by atoms with Crippen molar-refractivity contribution in [2.24, 2.45) is 0 Å². The van der Waals surface area contributed by atoms with Gasteiger partial charge in [0.15, 0.2) is 18.9 Å². The first-order valence-electron chi connectivity index (χ1n) is 34.0. The summed E-state index contributed by atoms with van der Waals surface area (Å²) in [5.74, 6) is -0.284. The van der Waals surface area contributed by atoms with E-state index in [0.29, 0.717) is 6.42 Å². The van der Waals surface area contributed by atoms with Crippen molar-refractivity contribution in [1.82, 2.24) is 5.32 Å². The number of unbranched alkanes of at least 4 members (excludes halogenated alkanes) is 27. The maximum atomic E-state index is 13.4. The van der Waals surface area contributed by atoms with E-state index in [1.54, 1.807) is 6.08 Å². The second-order valence-electron chi connectivity index (χ2n) is 24.3. The Bertz CT molecular complexity index is 1820. The van der Waals surface area contributed by atoms with Crippen molar-refractivity contribution in [2.75, 3.05) is 26.4 Å². The maximum Gasteiger partial charge on any atom is 0.220 e. The quantitative estimate of drug-likeness (QED) is 0.0201. The molecule has 506 valence electrons. The molecule has 19 heteroatoms. The van der Waals surface area contributed by atoms with E-state index in [0.717, 1.165) is 83.5 Å². The van der Waals surface area contributed by atoms with Gasteiger partial charge in [-0.05, 0) is 57.8 Å². The predicted octanol–water partition coefficient (Wildman–Crippen LogP) is 8.38. The van der Waals surface area contributed by atoms with E-state index in [1.807, 2.05) is 6.08 Å². The van der Waals surface area contributed by atoms with E-state index < -0.39 is 124 Å². The minimum absolute atomic E-state index is 0.232. The molecule has 87 heavy (non-hydrogen) atoms. The van der Waals surface area contributed by atoms with Crippen LogP contribution in [0.3, 0.4) is 0 Å². The molecule has 12 N–H and O–H groups in total. The predicted molar refractivity (Wildman–Crippen MR) is 337 cm³/mol. The number of rotatable bonds is 51. The van der Waals surface area contributed by atoms with E-state index in [9.17, 15) is 61.0 Å². The van der Waals surface area contributed by atoms with Gasteiger partial charge in [0.1, 0.15) is 73.2 Å². The molecule has 0 spiro atoms. The largest absolute Gasteiger partial charge is 0.394 e. The van der Waals surface area contributed by atoms with Gasteiger partial charge >= 0.3 is 0 Å². The summed E-state index contributed by atoms with van der Waals surface area (Å²) in [6.07, 6.45) is 33.3. The van der Waals surface area contributed by atoms with Crippen molar-refractivity contribution in [3.8, 4) is 0 Å². The van der Waals surface area contributed by atoms with E-state index in [4.69, 9.17) is 28.4 Å². The molecule has 3 heterocycles. The smallest absolute Gasteiger partial charge is 0.220 e. The van der Waals surface area contributed by atoms with Gasteiger partial charge in [0.2, 0.25) is 5.91 Å². The highest BCUT2D eigenvalue weighted by Gasteiger charge is 2.53. The number of carbonyl (C=O) groups is 1. The van der Waals surface area contributed by atoms with Crippen LogP contribution in [0.15, 0.2) is 60.8 Å². The Labute approximate surface area is 522 Å². The number of allylic oxidation sites excluding steroid dienone is 9. The molecule has 0 aliphatic carbocycles. The van der Waals surface area contributed by atoms with Gasteiger partial charge in [-0.1, -0.05) is 229 Å². The van der Waals surface area contributed by atoms with Crippen LogP contribution < -0.4 is 5.32 Å². The number of hydrogen-bond donors (Lipinski definition) is 12. The lowest BCUT2D eigenvalue weighted by Gasteiger charge is -2.48. The third-order valence-electron chi connectivity index (χ3n) is 16.8. The average Bonchev–Trinajstić information content (AvgIpc) is 2.40. The molecule has 3 aliphatic rings. The Morgan fingerprint density at radius 2 is 0.793 bits per heavy atom. The fraction of sp³-hybridized carbons (Fsp3) is 0.838. The summed E-state index contributed by atoms with van der Waals surface area (Å²) in [6.45, 7) is 1.62. The summed E-state index contributed by atoms with van der Waals surface area (Å²) in [6, 6.07) is -0.981. The van der Waals surface area contributed by atoms with Gasteiger partial charge in [0.25, 0.3) is 0 Å². The summed E-state index contributed by atoms with van der Waals surface area (Å²) < 4.78 is 34.3. The van der Waals surface area contributed by atoms with Crippen LogP contribution in [-0.2, 0) is 33.2 Å². The van der Waals surface area contributed by atoms with Crippen LogP contribution in [0.1, 0.15) is 232 Å². The van der Waals surface area contributed by atoms with Crippen molar-refractivity contribution in [2.45, 2.75) is 336 Å². The van der Waals surface area contributed by atoms with Gasteiger partial charge in [-0.2, -0.15) is 0 Å². The van der Waals surface area contributed by atoms with Crippen molar-refractivity contribution in [1.29, 1.82) is 0 Å². The van der Waals surface area contributed by atoms with Crippen molar-refractivity contribution in [3.63, 3.8) is 0 Å². The molecule has 3 rings (SSSR count). The number of nitrogens with one attached hydrogen (secondary N) is 1. The van der Waals surface area contributed by atoms with Crippen LogP contribution in [0.25, 0.3) is 0 Å². The molecule has 3 saturated heterocycles. The monoisotopic (exact) mass is 1240 g/mol. The molecule has 1 amide bonds. The Kier molecular flexibility index (Phi) is 45.3. The summed E-state index contributed by atoms with van der Waals surface area (Å²) in [5, 5.41) is 120. The number of carbonyl (C=O) groups excluding carboxylic acids is 1. The van der Waals surface area contributed by atoms with Gasteiger partial charge in [-0.3, -0.25) is 4.79 Å².